The maximum Gasteiger partial charge on any atom is 0.338 e. The van der Waals surface area contributed by atoms with Crippen molar-refractivity contribution in [3.8, 4) is 5.75 Å². The lowest BCUT2D eigenvalue weighted by atomic mass is 9.95. The molecule has 0 bridgehead atoms. The molecule has 0 spiro atoms. The van der Waals surface area contributed by atoms with E-state index in [2.05, 4.69) is 0 Å². The first-order chi connectivity index (χ1) is 18.2. The fraction of sp³-hybridized carbons (Fsp3) is 0.258. The minimum Gasteiger partial charge on any atom is -0.507 e. The largest absolute Gasteiger partial charge is 0.507 e. The SMILES string of the molecule is CC(C)COc1cccc(/C(O)=C2\C(=O)C(=O)N(c3cccc(C(=O)OC(C)C)c3)C2c2ccccc2)c1. The van der Waals surface area contributed by atoms with Crippen molar-refractivity contribution in [2.75, 3.05) is 11.5 Å². The van der Waals surface area contributed by atoms with Crippen molar-refractivity contribution in [3.05, 3.63) is 101 Å². The topological polar surface area (TPSA) is 93.1 Å². The average Bonchev–Trinajstić information content (AvgIpc) is 3.17. The van der Waals surface area contributed by atoms with Crippen LogP contribution in [-0.4, -0.2) is 35.5 Å². The Hall–Kier alpha value is -4.39. The van der Waals surface area contributed by atoms with E-state index in [0.717, 1.165) is 0 Å². The number of hydrogen-bond donors (Lipinski definition) is 1. The first-order valence-corrected chi connectivity index (χ1v) is 12.6. The van der Waals surface area contributed by atoms with E-state index in [-0.39, 0.29) is 23.0 Å². The van der Waals surface area contributed by atoms with E-state index >= 15 is 0 Å². The van der Waals surface area contributed by atoms with Crippen LogP contribution in [0.15, 0.2) is 84.4 Å². The number of benzene rings is 3. The molecule has 0 aromatic heterocycles. The highest BCUT2D eigenvalue weighted by atomic mass is 16.5. The van der Waals surface area contributed by atoms with Crippen LogP contribution in [0.5, 0.6) is 5.75 Å². The van der Waals surface area contributed by atoms with Gasteiger partial charge in [-0.25, -0.2) is 4.79 Å². The Morgan fingerprint density at radius 3 is 2.26 bits per heavy atom. The van der Waals surface area contributed by atoms with E-state index in [9.17, 15) is 19.5 Å². The third-order valence-corrected chi connectivity index (χ3v) is 5.95. The number of ketones is 1. The number of amides is 1. The van der Waals surface area contributed by atoms with Gasteiger partial charge in [-0.2, -0.15) is 0 Å². The van der Waals surface area contributed by atoms with Gasteiger partial charge < -0.3 is 14.6 Å². The van der Waals surface area contributed by atoms with Crippen molar-refractivity contribution in [2.45, 2.75) is 39.8 Å². The van der Waals surface area contributed by atoms with Gasteiger partial charge in [0, 0.05) is 11.3 Å². The number of carbonyl (C=O) groups excluding carboxylic acids is 3. The Bertz CT molecular complexity index is 1380. The molecule has 3 aromatic rings. The van der Waals surface area contributed by atoms with Crippen molar-refractivity contribution in [3.63, 3.8) is 0 Å². The molecule has 38 heavy (non-hydrogen) atoms. The number of anilines is 1. The van der Waals surface area contributed by atoms with Crippen LogP contribution in [0.4, 0.5) is 5.69 Å². The number of carbonyl (C=O) groups is 3. The number of aliphatic hydroxyl groups excluding tert-OH is 1. The molecule has 1 saturated heterocycles. The molecule has 1 aliphatic rings. The summed E-state index contributed by atoms with van der Waals surface area (Å²) in [4.78, 5) is 40.7. The van der Waals surface area contributed by atoms with Crippen molar-refractivity contribution in [1.82, 2.24) is 0 Å². The zero-order valence-electron chi connectivity index (χ0n) is 21.9. The predicted molar refractivity (Wildman–Crippen MR) is 145 cm³/mol. The predicted octanol–water partition coefficient (Wildman–Crippen LogP) is 5.91. The molecule has 4 rings (SSSR count). The molecule has 1 unspecified atom stereocenters. The van der Waals surface area contributed by atoms with E-state index in [4.69, 9.17) is 9.47 Å². The van der Waals surface area contributed by atoms with Gasteiger partial charge in [0.1, 0.15) is 11.5 Å². The maximum absolute atomic E-state index is 13.4. The van der Waals surface area contributed by atoms with Crippen LogP contribution >= 0.6 is 0 Å². The third-order valence-electron chi connectivity index (χ3n) is 5.95. The van der Waals surface area contributed by atoms with Crippen LogP contribution in [0.3, 0.4) is 0 Å². The molecule has 7 heteroatoms. The van der Waals surface area contributed by atoms with Crippen LogP contribution < -0.4 is 9.64 Å². The number of Topliss-reactive ketones (excluding diaryl/α,β-unsaturated/α-hetero) is 1. The first-order valence-electron chi connectivity index (χ1n) is 12.6. The van der Waals surface area contributed by atoms with E-state index in [1.165, 1.54) is 11.0 Å². The molecule has 1 atom stereocenters. The maximum atomic E-state index is 13.4. The van der Waals surface area contributed by atoms with Gasteiger partial charge >= 0.3 is 5.97 Å². The summed E-state index contributed by atoms with van der Waals surface area (Å²) < 4.78 is 11.1. The second-order valence-electron chi connectivity index (χ2n) is 9.82. The summed E-state index contributed by atoms with van der Waals surface area (Å²) in [5, 5.41) is 11.4. The lowest BCUT2D eigenvalue weighted by Crippen LogP contribution is -2.29. The van der Waals surface area contributed by atoms with Crippen LogP contribution in [0.25, 0.3) is 5.76 Å². The smallest absolute Gasteiger partial charge is 0.338 e. The molecule has 1 heterocycles. The van der Waals surface area contributed by atoms with Crippen LogP contribution in [-0.2, 0) is 14.3 Å². The standard InChI is InChI=1S/C31H31NO6/c1-19(2)18-37-25-15-9-12-22(17-25)28(33)26-27(21-10-6-5-7-11-21)32(30(35)29(26)34)24-14-8-13-23(16-24)31(36)38-20(3)4/h5-17,19-20,27,33H,18H2,1-4H3/b28-26+. The molecule has 3 aromatic carbocycles. The molecule has 0 radical (unpaired) electrons. The van der Waals surface area contributed by atoms with Gasteiger partial charge in [0.15, 0.2) is 0 Å². The van der Waals surface area contributed by atoms with Gasteiger partial charge in [-0.3, -0.25) is 14.5 Å². The van der Waals surface area contributed by atoms with E-state index in [1.54, 1.807) is 80.6 Å². The van der Waals surface area contributed by atoms with Crippen molar-refractivity contribution < 1.29 is 29.0 Å². The highest BCUT2D eigenvalue weighted by Crippen LogP contribution is 2.42. The summed E-state index contributed by atoms with van der Waals surface area (Å²) in [6.07, 6.45) is -0.315. The Kier molecular flexibility index (Phi) is 7.96. The molecular weight excluding hydrogens is 482 g/mol. The van der Waals surface area contributed by atoms with Gasteiger partial charge in [-0.05, 0) is 55.7 Å². The molecular formula is C31H31NO6. The number of rotatable bonds is 8. The minimum atomic E-state index is -0.909. The highest BCUT2D eigenvalue weighted by Gasteiger charge is 2.47. The molecule has 196 valence electrons. The van der Waals surface area contributed by atoms with Gasteiger partial charge in [-0.15, -0.1) is 0 Å². The number of nitrogens with zero attached hydrogens (tertiary/aromatic N) is 1. The fourth-order valence-corrected chi connectivity index (χ4v) is 4.27. The van der Waals surface area contributed by atoms with Crippen molar-refractivity contribution in [2.24, 2.45) is 5.92 Å². The van der Waals surface area contributed by atoms with Gasteiger partial charge in [0.2, 0.25) is 0 Å². The zero-order chi connectivity index (χ0) is 27.4. The molecule has 0 aliphatic carbocycles. The van der Waals surface area contributed by atoms with Crippen LogP contribution in [0.2, 0.25) is 0 Å². The Morgan fingerprint density at radius 2 is 1.58 bits per heavy atom. The number of ether oxygens (including phenoxy) is 2. The van der Waals surface area contributed by atoms with Crippen molar-refractivity contribution >= 4 is 29.1 Å². The third kappa shape index (κ3) is 5.62. The van der Waals surface area contributed by atoms with Crippen molar-refractivity contribution in [1.29, 1.82) is 0 Å². The Balaban J connectivity index is 1.83. The fourth-order valence-electron chi connectivity index (χ4n) is 4.27. The van der Waals surface area contributed by atoms with Gasteiger partial charge in [0.25, 0.3) is 11.7 Å². The monoisotopic (exact) mass is 513 g/mol. The molecule has 7 nitrogen and oxygen atoms in total. The molecule has 1 fully saturated rings. The van der Waals surface area contributed by atoms with E-state index in [0.29, 0.717) is 35.1 Å². The number of hydrogen-bond acceptors (Lipinski definition) is 6. The molecule has 1 amide bonds. The first kappa shape index (κ1) is 26.7. The lowest BCUT2D eigenvalue weighted by Gasteiger charge is -2.26. The second kappa shape index (κ2) is 11.3. The quantitative estimate of drug-likeness (QED) is 0.174. The van der Waals surface area contributed by atoms with Gasteiger partial charge in [0.05, 0.1) is 29.9 Å². The Labute approximate surface area is 222 Å². The molecule has 1 aliphatic heterocycles. The molecule has 0 saturated carbocycles. The average molecular weight is 514 g/mol. The number of aliphatic hydroxyl groups is 1. The molecule has 1 N–H and O–H groups in total. The van der Waals surface area contributed by atoms with Gasteiger partial charge in [-0.1, -0.05) is 62.4 Å². The van der Waals surface area contributed by atoms with Crippen LogP contribution in [0.1, 0.15) is 55.2 Å². The summed E-state index contributed by atoms with van der Waals surface area (Å²) in [6, 6.07) is 21.3. The summed E-state index contributed by atoms with van der Waals surface area (Å²) in [5.41, 5.74) is 1.54. The highest BCUT2D eigenvalue weighted by molar-refractivity contribution is 6.51. The Morgan fingerprint density at radius 1 is 0.895 bits per heavy atom. The second-order valence-corrected chi connectivity index (χ2v) is 9.82. The minimum absolute atomic E-state index is 0.0441. The lowest BCUT2D eigenvalue weighted by molar-refractivity contribution is -0.132. The summed E-state index contributed by atoms with van der Waals surface area (Å²) in [7, 11) is 0. The van der Waals surface area contributed by atoms with E-state index < -0.39 is 23.7 Å². The number of esters is 1. The van der Waals surface area contributed by atoms with Crippen LogP contribution in [0, 0.1) is 5.92 Å². The zero-order valence-corrected chi connectivity index (χ0v) is 21.9. The normalized spacial score (nSPS) is 16.8. The summed E-state index contributed by atoms with van der Waals surface area (Å²) in [5.74, 6) is -1.60. The summed E-state index contributed by atoms with van der Waals surface area (Å²) >= 11 is 0. The summed E-state index contributed by atoms with van der Waals surface area (Å²) in [6.45, 7) is 8.05. The van der Waals surface area contributed by atoms with E-state index in [1.807, 2.05) is 19.9 Å².